The largest absolute Gasteiger partial charge is 0.484 e. The van der Waals surface area contributed by atoms with Crippen molar-refractivity contribution in [3.05, 3.63) is 75.6 Å². The highest BCUT2D eigenvalue weighted by molar-refractivity contribution is 6.34. The summed E-state index contributed by atoms with van der Waals surface area (Å²) in [5.41, 5.74) is 3.99. The number of fused-ring (bicyclic) bond motifs is 2. The van der Waals surface area contributed by atoms with Gasteiger partial charge in [0.15, 0.2) is 5.69 Å². The Labute approximate surface area is 217 Å². The molecule has 0 radical (unpaired) electrons. The van der Waals surface area contributed by atoms with Gasteiger partial charge in [-0.25, -0.2) is 19.0 Å². The lowest BCUT2D eigenvalue weighted by Crippen LogP contribution is -2.40. The van der Waals surface area contributed by atoms with E-state index in [2.05, 4.69) is 15.3 Å². The lowest BCUT2D eigenvalue weighted by molar-refractivity contribution is 0.0519. The second-order valence-corrected chi connectivity index (χ2v) is 9.76. The molecule has 10 heteroatoms. The van der Waals surface area contributed by atoms with Gasteiger partial charge in [-0.05, 0) is 62.4 Å². The third kappa shape index (κ3) is 4.37. The molecule has 0 bridgehead atoms. The zero-order valence-corrected chi connectivity index (χ0v) is 20.8. The molecule has 1 fully saturated rings. The zero-order valence-electron chi connectivity index (χ0n) is 20.1. The van der Waals surface area contributed by atoms with Gasteiger partial charge >= 0.3 is 12.0 Å². The number of rotatable bonds is 5. The van der Waals surface area contributed by atoms with Crippen molar-refractivity contribution in [3.8, 4) is 5.75 Å². The van der Waals surface area contributed by atoms with Crippen LogP contribution in [-0.4, -0.2) is 28.6 Å². The van der Waals surface area contributed by atoms with E-state index in [9.17, 15) is 14.0 Å². The molecule has 6 rings (SSSR count). The summed E-state index contributed by atoms with van der Waals surface area (Å²) < 4.78 is 25.6. The Hall–Kier alpha value is -3.72. The van der Waals surface area contributed by atoms with Gasteiger partial charge in [-0.3, -0.25) is 9.88 Å². The fourth-order valence-corrected chi connectivity index (χ4v) is 5.19. The van der Waals surface area contributed by atoms with Gasteiger partial charge in [0, 0.05) is 23.7 Å². The van der Waals surface area contributed by atoms with Crippen LogP contribution in [0.1, 0.15) is 71.2 Å². The van der Waals surface area contributed by atoms with Crippen LogP contribution in [0.5, 0.6) is 5.75 Å². The third-order valence-corrected chi connectivity index (χ3v) is 7.17. The van der Waals surface area contributed by atoms with Crippen LogP contribution in [0.3, 0.4) is 0 Å². The Morgan fingerprint density at radius 1 is 1.27 bits per heavy atom. The highest BCUT2D eigenvalue weighted by atomic mass is 35.5. The second-order valence-electron chi connectivity index (χ2n) is 9.36. The zero-order chi connectivity index (χ0) is 25.7. The lowest BCUT2D eigenvalue weighted by Gasteiger charge is -2.33. The van der Waals surface area contributed by atoms with Gasteiger partial charge in [0.1, 0.15) is 23.4 Å². The number of carbonyl (C=O) groups excluding carboxylic acids is 2. The molecule has 3 aliphatic rings. The number of ether oxygens (including phenoxy) is 2. The average Bonchev–Trinajstić information content (AvgIpc) is 3.73. The molecule has 1 atom stereocenters. The van der Waals surface area contributed by atoms with Crippen molar-refractivity contribution in [1.82, 2.24) is 9.97 Å². The van der Waals surface area contributed by atoms with Gasteiger partial charge in [0.05, 0.1) is 35.2 Å². The fourth-order valence-electron chi connectivity index (χ4n) is 4.90. The Morgan fingerprint density at radius 2 is 2.11 bits per heavy atom. The molecule has 2 aliphatic heterocycles. The van der Waals surface area contributed by atoms with Gasteiger partial charge in [0.25, 0.3) is 0 Å². The van der Waals surface area contributed by atoms with Crippen LogP contribution in [0, 0.1) is 5.82 Å². The monoisotopic (exact) mass is 522 g/mol. The first-order valence-corrected chi connectivity index (χ1v) is 12.7. The standard InChI is InChI=1S/C27H24ClFN4O4/c1-2-36-26(34)20-11-19-16(24(31-20)14-5-6-14)13-33(27(35)32-19)21-12-23-15(10-17(21)28)7-8-22(37-23)25-18(29)4-3-9-30-25/h3-4,9-12,14,22H,2,5-8,13H2,1H3,(H,32,35)/t22-/m1/s1. The number of amides is 2. The average molecular weight is 523 g/mol. The minimum atomic E-state index is -0.536. The van der Waals surface area contributed by atoms with Crippen molar-refractivity contribution >= 4 is 35.0 Å². The number of hydrogen-bond acceptors (Lipinski definition) is 6. The van der Waals surface area contributed by atoms with Crippen LogP contribution in [0.2, 0.25) is 5.02 Å². The van der Waals surface area contributed by atoms with Crippen molar-refractivity contribution < 1.29 is 23.5 Å². The maximum atomic E-state index is 14.3. The number of aromatic nitrogens is 2. The van der Waals surface area contributed by atoms with Crippen molar-refractivity contribution in [3.63, 3.8) is 0 Å². The molecule has 1 aliphatic carbocycles. The van der Waals surface area contributed by atoms with Gasteiger partial charge in [-0.2, -0.15) is 0 Å². The van der Waals surface area contributed by atoms with Crippen LogP contribution in [0.25, 0.3) is 0 Å². The molecule has 1 aromatic carbocycles. The fraction of sp³-hybridized carbons (Fsp3) is 0.333. The van der Waals surface area contributed by atoms with E-state index in [1.54, 1.807) is 37.4 Å². The minimum absolute atomic E-state index is 0.184. The molecule has 190 valence electrons. The summed E-state index contributed by atoms with van der Waals surface area (Å²) in [6.45, 7) is 2.21. The molecule has 2 amide bonds. The van der Waals surface area contributed by atoms with E-state index in [1.807, 2.05) is 0 Å². The molecular weight excluding hydrogens is 499 g/mol. The molecule has 0 saturated heterocycles. The molecule has 1 saturated carbocycles. The molecule has 3 aromatic rings. The van der Waals surface area contributed by atoms with Gasteiger partial charge in [-0.15, -0.1) is 0 Å². The molecule has 4 heterocycles. The third-order valence-electron chi connectivity index (χ3n) is 6.87. The molecule has 0 unspecified atom stereocenters. The number of urea groups is 1. The van der Waals surface area contributed by atoms with Crippen molar-refractivity contribution in [2.24, 2.45) is 0 Å². The maximum Gasteiger partial charge on any atom is 0.356 e. The highest BCUT2D eigenvalue weighted by Gasteiger charge is 2.36. The normalized spacial score (nSPS) is 18.4. The number of benzene rings is 1. The van der Waals surface area contributed by atoms with Crippen molar-refractivity contribution in [2.75, 3.05) is 16.8 Å². The number of carbonyl (C=O) groups is 2. The summed E-state index contributed by atoms with van der Waals surface area (Å²) in [5.74, 6) is -0.161. The van der Waals surface area contributed by atoms with E-state index >= 15 is 0 Å². The first-order valence-electron chi connectivity index (χ1n) is 12.3. The molecule has 8 nitrogen and oxygen atoms in total. The van der Waals surface area contributed by atoms with E-state index in [-0.39, 0.29) is 36.5 Å². The Bertz CT molecular complexity index is 1430. The van der Waals surface area contributed by atoms with Crippen LogP contribution in [-0.2, 0) is 17.7 Å². The number of anilines is 2. The number of esters is 1. The number of nitrogens with one attached hydrogen (secondary N) is 1. The molecular formula is C27H24ClFN4O4. The number of nitrogens with zero attached hydrogens (tertiary/aromatic N) is 3. The Kier molecular flexibility index (Phi) is 5.95. The van der Waals surface area contributed by atoms with Crippen LogP contribution < -0.4 is 15.0 Å². The van der Waals surface area contributed by atoms with Gasteiger partial charge in [0.2, 0.25) is 0 Å². The molecule has 0 spiro atoms. The predicted molar refractivity (Wildman–Crippen MR) is 135 cm³/mol. The van der Waals surface area contributed by atoms with E-state index in [0.717, 1.165) is 29.7 Å². The van der Waals surface area contributed by atoms with Crippen molar-refractivity contribution in [1.29, 1.82) is 0 Å². The predicted octanol–water partition coefficient (Wildman–Crippen LogP) is 5.94. The molecule has 1 N–H and O–H groups in total. The van der Waals surface area contributed by atoms with Crippen LogP contribution >= 0.6 is 11.6 Å². The second kappa shape index (κ2) is 9.30. The maximum absolute atomic E-state index is 14.3. The first kappa shape index (κ1) is 23.7. The van der Waals surface area contributed by atoms with Gasteiger partial charge in [-0.1, -0.05) is 11.6 Å². The van der Waals surface area contributed by atoms with E-state index < -0.39 is 17.9 Å². The van der Waals surface area contributed by atoms with Gasteiger partial charge < -0.3 is 14.8 Å². The highest BCUT2D eigenvalue weighted by Crippen LogP contribution is 2.46. The van der Waals surface area contributed by atoms with E-state index in [4.69, 9.17) is 21.1 Å². The van der Waals surface area contributed by atoms with E-state index in [1.165, 1.54) is 11.0 Å². The SMILES string of the molecule is CCOC(=O)c1cc2c(c(C3CC3)n1)CN(c1cc3c(cc1Cl)CC[C@H](c1ncccc1F)O3)C(=O)N2. The topological polar surface area (TPSA) is 93.7 Å². The van der Waals surface area contributed by atoms with E-state index in [0.29, 0.717) is 35.0 Å². The molecule has 2 aromatic heterocycles. The number of pyridine rings is 2. The first-order chi connectivity index (χ1) is 17.9. The summed E-state index contributed by atoms with van der Waals surface area (Å²) in [5, 5.41) is 3.31. The quantitative estimate of drug-likeness (QED) is 0.417. The summed E-state index contributed by atoms with van der Waals surface area (Å²) in [7, 11) is 0. The number of hydrogen-bond donors (Lipinski definition) is 1. The number of aryl methyl sites for hydroxylation is 1. The summed E-state index contributed by atoms with van der Waals surface area (Å²) in [6, 6.07) is 7.61. The summed E-state index contributed by atoms with van der Waals surface area (Å²) >= 11 is 6.66. The van der Waals surface area contributed by atoms with Crippen LogP contribution in [0.4, 0.5) is 20.6 Å². The van der Waals surface area contributed by atoms with Crippen LogP contribution in [0.15, 0.2) is 36.5 Å². The molecule has 37 heavy (non-hydrogen) atoms. The Balaban J connectivity index is 1.34. The Morgan fingerprint density at radius 3 is 2.86 bits per heavy atom. The summed E-state index contributed by atoms with van der Waals surface area (Å²) in [4.78, 5) is 35.9. The summed E-state index contributed by atoms with van der Waals surface area (Å²) in [6.07, 6.45) is 4.14. The van der Waals surface area contributed by atoms with Crippen molar-refractivity contribution in [2.45, 2.75) is 51.2 Å². The number of halogens is 2. The lowest BCUT2D eigenvalue weighted by atomic mass is 9.98. The smallest absolute Gasteiger partial charge is 0.356 e. The minimum Gasteiger partial charge on any atom is -0.484 e.